The molecule has 28 heavy (non-hydrogen) atoms. The van der Waals surface area contributed by atoms with Crippen LogP contribution in [0.25, 0.3) is 0 Å². The number of hydrogen-bond donors (Lipinski definition) is 0. The fourth-order valence-corrected chi connectivity index (χ4v) is 3.66. The number of halogens is 7. The summed E-state index contributed by atoms with van der Waals surface area (Å²) < 4.78 is 16.8. The van der Waals surface area contributed by atoms with Crippen molar-refractivity contribution in [2.45, 2.75) is 6.42 Å². The highest BCUT2D eigenvalue weighted by molar-refractivity contribution is 6.55. The van der Waals surface area contributed by atoms with Gasteiger partial charge in [0, 0.05) is 23.6 Å². The van der Waals surface area contributed by atoms with Crippen LogP contribution in [0.5, 0.6) is 17.2 Å². The third kappa shape index (κ3) is 7.46. The molecule has 0 atom stereocenters. The average Bonchev–Trinajstić information content (AvgIpc) is 2.58. The summed E-state index contributed by atoms with van der Waals surface area (Å²) in [4.78, 5) is 0. The Morgan fingerprint density at radius 1 is 0.714 bits per heavy atom. The average molecular weight is 525 g/mol. The smallest absolute Gasteiger partial charge is 0.156 e. The van der Waals surface area contributed by atoms with E-state index in [4.69, 9.17) is 95.4 Å². The lowest BCUT2D eigenvalue weighted by molar-refractivity contribution is 0.247. The topological polar surface area (TPSA) is 27.7 Å². The molecule has 0 saturated heterocycles. The summed E-state index contributed by atoms with van der Waals surface area (Å²) in [7, 11) is 0. The highest BCUT2D eigenvalue weighted by atomic mass is 35.5. The van der Waals surface area contributed by atoms with Crippen LogP contribution in [0, 0.1) is 0 Å². The van der Waals surface area contributed by atoms with Crippen LogP contribution >= 0.6 is 81.2 Å². The second kappa shape index (κ2) is 11.7. The van der Waals surface area contributed by atoms with Crippen molar-refractivity contribution in [2.75, 3.05) is 19.8 Å². The zero-order chi connectivity index (χ0) is 20.7. The molecule has 2 aromatic rings. The molecule has 0 N–H and O–H groups in total. The minimum absolute atomic E-state index is 0.112. The quantitative estimate of drug-likeness (QED) is 0.307. The highest BCUT2D eigenvalue weighted by Crippen LogP contribution is 2.38. The van der Waals surface area contributed by atoms with Gasteiger partial charge in [-0.25, -0.2) is 0 Å². The summed E-state index contributed by atoms with van der Waals surface area (Å²) in [6, 6.07) is 6.28. The van der Waals surface area contributed by atoms with Crippen LogP contribution in [0.15, 0.2) is 34.8 Å². The Bertz CT molecular complexity index is 805. The van der Waals surface area contributed by atoms with E-state index in [0.717, 1.165) is 0 Å². The first-order chi connectivity index (χ1) is 13.3. The maximum Gasteiger partial charge on any atom is 0.156 e. The van der Waals surface area contributed by atoms with Gasteiger partial charge in [-0.15, -0.1) is 0 Å². The zero-order valence-corrected chi connectivity index (χ0v) is 19.4. The van der Waals surface area contributed by atoms with Crippen molar-refractivity contribution >= 4 is 81.2 Å². The molecule has 0 bridgehead atoms. The molecule has 0 saturated carbocycles. The largest absolute Gasteiger partial charge is 0.490 e. The number of rotatable bonds is 9. The van der Waals surface area contributed by atoms with Gasteiger partial charge in [-0.3, -0.25) is 0 Å². The van der Waals surface area contributed by atoms with Crippen LogP contribution in [0.3, 0.4) is 0 Å². The van der Waals surface area contributed by atoms with E-state index in [1.54, 1.807) is 24.3 Å². The van der Waals surface area contributed by atoms with Gasteiger partial charge < -0.3 is 14.2 Å². The third-order valence-corrected chi connectivity index (χ3v) is 4.85. The summed E-state index contributed by atoms with van der Waals surface area (Å²) in [5.41, 5.74) is 0. The van der Waals surface area contributed by atoms with Crippen LogP contribution in [0.1, 0.15) is 6.42 Å². The fraction of sp³-hybridized carbons (Fsp3) is 0.222. The Kier molecular flexibility index (Phi) is 9.99. The van der Waals surface area contributed by atoms with Gasteiger partial charge in [0.15, 0.2) is 11.5 Å². The van der Waals surface area contributed by atoms with E-state index in [-0.39, 0.29) is 11.1 Å². The lowest BCUT2D eigenvalue weighted by atomic mass is 10.3. The summed E-state index contributed by atoms with van der Waals surface area (Å²) in [5, 5.41) is 1.74. The number of benzene rings is 2. The molecule has 0 aliphatic rings. The second-order valence-electron chi connectivity index (χ2n) is 5.27. The maximum atomic E-state index is 6.21. The minimum atomic E-state index is 0.112. The van der Waals surface area contributed by atoms with Gasteiger partial charge in [-0.05, 0) is 18.2 Å². The lowest BCUT2D eigenvalue weighted by Crippen LogP contribution is -2.06. The Hall–Kier alpha value is -0.390. The molecule has 0 unspecified atom stereocenters. The van der Waals surface area contributed by atoms with Gasteiger partial charge in [-0.1, -0.05) is 81.2 Å². The predicted molar refractivity (Wildman–Crippen MR) is 119 cm³/mol. The molecule has 0 heterocycles. The Morgan fingerprint density at radius 2 is 1.18 bits per heavy atom. The highest BCUT2D eigenvalue weighted by Gasteiger charge is 2.12. The van der Waals surface area contributed by atoms with Crippen LogP contribution < -0.4 is 14.2 Å². The maximum absolute atomic E-state index is 6.21. The molecule has 10 heteroatoms. The second-order valence-corrected chi connectivity index (χ2v) is 8.34. The van der Waals surface area contributed by atoms with Gasteiger partial charge in [0.1, 0.15) is 16.8 Å². The Morgan fingerprint density at radius 3 is 1.64 bits per heavy atom. The van der Waals surface area contributed by atoms with Crippen molar-refractivity contribution in [2.24, 2.45) is 0 Å². The van der Waals surface area contributed by atoms with E-state index >= 15 is 0 Å². The first kappa shape index (κ1) is 23.9. The summed E-state index contributed by atoms with van der Waals surface area (Å²) in [5.74, 6) is 1.18. The summed E-state index contributed by atoms with van der Waals surface area (Å²) in [6.45, 7) is 0.818. The Balaban J connectivity index is 1.85. The number of ether oxygens (including phenoxy) is 3. The van der Waals surface area contributed by atoms with Crippen LogP contribution in [-0.4, -0.2) is 19.8 Å². The fourth-order valence-electron chi connectivity index (χ4n) is 2.03. The van der Waals surface area contributed by atoms with Gasteiger partial charge in [0.2, 0.25) is 0 Å². The van der Waals surface area contributed by atoms with E-state index in [2.05, 4.69) is 0 Å². The molecule has 0 fully saturated rings. The molecule has 3 nitrogen and oxygen atoms in total. The van der Waals surface area contributed by atoms with E-state index in [1.165, 1.54) is 6.08 Å². The minimum Gasteiger partial charge on any atom is -0.490 e. The van der Waals surface area contributed by atoms with Crippen LogP contribution in [-0.2, 0) is 0 Å². The predicted octanol–water partition coefficient (Wildman–Crippen LogP) is 8.50. The van der Waals surface area contributed by atoms with Crippen LogP contribution in [0.4, 0.5) is 0 Å². The number of hydrogen-bond acceptors (Lipinski definition) is 3. The normalized spacial score (nSPS) is 10.5. The van der Waals surface area contributed by atoms with E-state index < -0.39 is 0 Å². The molecule has 0 radical (unpaired) electrons. The van der Waals surface area contributed by atoms with E-state index in [0.29, 0.717) is 62.0 Å². The first-order valence-corrected chi connectivity index (χ1v) is 10.5. The molecule has 0 aromatic heterocycles. The molecule has 0 amide bonds. The summed E-state index contributed by atoms with van der Waals surface area (Å²) >= 11 is 41.4. The van der Waals surface area contributed by atoms with Gasteiger partial charge in [0.25, 0.3) is 0 Å². The molecule has 2 rings (SSSR count). The van der Waals surface area contributed by atoms with Crippen molar-refractivity contribution in [3.8, 4) is 17.2 Å². The van der Waals surface area contributed by atoms with Gasteiger partial charge >= 0.3 is 0 Å². The first-order valence-electron chi connectivity index (χ1n) is 7.81. The van der Waals surface area contributed by atoms with Crippen molar-refractivity contribution in [1.29, 1.82) is 0 Å². The SMILES string of the molecule is ClC(Cl)=CCOc1cc(Cl)c(OCCCOc2c(Cl)cc(Cl)cc2Cl)c(Cl)c1. The zero-order valence-electron chi connectivity index (χ0n) is 14.1. The molecular formula is C18H13Cl7O3. The molecule has 2 aromatic carbocycles. The van der Waals surface area contributed by atoms with Gasteiger partial charge in [0.05, 0.1) is 33.3 Å². The molecule has 0 aliphatic carbocycles. The van der Waals surface area contributed by atoms with E-state index in [9.17, 15) is 0 Å². The van der Waals surface area contributed by atoms with E-state index in [1.807, 2.05) is 0 Å². The molecule has 0 aliphatic heterocycles. The van der Waals surface area contributed by atoms with Crippen LogP contribution in [0.2, 0.25) is 25.1 Å². The molecular weight excluding hydrogens is 512 g/mol. The van der Waals surface area contributed by atoms with Crippen molar-refractivity contribution in [3.05, 3.63) is 59.9 Å². The lowest BCUT2D eigenvalue weighted by Gasteiger charge is -2.13. The molecule has 152 valence electrons. The Labute approximate surface area is 197 Å². The monoisotopic (exact) mass is 522 g/mol. The third-order valence-electron chi connectivity index (χ3n) is 3.20. The van der Waals surface area contributed by atoms with Crippen molar-refractivity contribution in [3.63, 3.8) is 0 Å². The van der Waals surface area contributed by atoms with Crippen molar-refractivity contribution in [1.82, 2.24) is 0 Å². The standard InChI is InChI=1S/C18H13Cl7O3/c19-10-6-12(20)17(13(21)7-10)27-3-1-4-28-18-14(22)8-11(9-15(18)23)26-5-2-16(24)25/h2,6-9H,1,3-5H2. The van der Waals surface area contributed by atoms with Crippen molar-refractivity contribution < 1.29 is 14.2 Å². The van der Waals surface area contributed by atoms with Gasteiger partial charge in [-0.2, -0.15) is 0 Å². The molecule has 0 spiro atoms. The summed E-state index contributed by atoms with van der Waals surface area (Å²) in [6.07, 6.45) is 2.04.